The molecule has 2 aliphatic heterocycles. The van der Waals surface area contributed by atoms with Crippen molar-refractivity contribution in [3.8, 4) is 0 Å². The van der Waals surface area contributed by atoms with Crippen molar-refractivity contribution in [1.29, 1.82) is 0 Å². The van der Waals surface area contributed by atoms with Gasteiger partial charge in [0, 0.05) is 38.3 Å². The Kier molecular flexibility index (Phi) is 7.65. The topological polar surface area (TPSA) is 112 Å². The van der Waals surface area contributed by atoms with Gasteiger partial charge in [0.1, 0.15) is 17.7 Å². The average Bonchev–Trinajstić information content (AvgIpc) is 3.53. The lowest BCUT2D eigenvalue weighted by Crippen LogP contribution is -2.51. The van der Waals surface area contributed by atoms with Crippen LogP contribution >= 0.6 is 11.3 Å². The molecule has 2 amide bonds. The van der Waals surface area contributed by atoms with E-state index in [0.29, 0.717) is 18.0 Å². The lowest BCUT2D eigenvalue weighted by Gasteiger charge is -2.33. The van der Waals surface area contributed by atoms with Crippen LogP contribution in [0.1, 0.15) is 55.1 Å². The van der Waals surface area contributed by atoms with Gasteiger partial charge < -0.3 is 24.7 Å². The summed E-state index contributed by atoms with van der Waals surface area (Å²) < 4.78 is 5.41. The van der Waals surface area contributed by atoms with Crippen molar-refractivity contribution >= 4 is 28.7 Å². The zero-order valence-corrected chi connectivity index (χ0v) is 22.5. The Morgan fingerprint density at radius 1 is 1.25 bits per heavy atom. The predicted octanol–water partition coefficient (Wildman–Crippen LogP) is 2.87. The summed E-state index contributed by atoms with van der Waals surface area (Å²) in [6, 6.07) is 0.740. The van der Waals surface area contributed by atoms with Gasteiger partial charge >= 0.3 is 0 Å². The normalized spacial score (nSPS) is 21.9. The molecule has 1 saturated heterocycles. The van der Waals surface area contributed by atoms with Gasteiger partial charge in [0.15, 0.2) is 0 Å². The second-order valence-corrected chi connectivity index (χ2v) is 11.0. The Labute approximate surface area is 215 Å². The standard InChI is InChI=1S/C26H35N5O4S/c1-14(2)23(22-9-15(3)29-35-22)26(34)31-12-19(32)10-21(31)25(33)28-16(4)20-8-7-18(11-30(20)6)24-17(5)27-13-36-24/h7-9,13-14,16,19,21,23,32H,10-12H2,1-6H3,(H,28,33)/t16-,19+,21-,23?/m0/s1. The third-order valence-electron chi connectivity index (χ3n) is 6.89. The minimum Gasteiger partial charge on any atom is -0.391 e. The number of likely N-dealkylation sites (N-methyl/N-ethyl adjacent to an activating group) is 1. The smallest absolute Gasteiger partial charge is 0.243 e. The van der Waals surface area contributed by atoms with Gasteiger partial charge in [-0.2, -0.15) is 0 Å². The van der Waals surface area contributed by atoms with Crippen molar-refractivity contribution in [2.24, 2.45) is 5.92 Å². The van der Waals surface area contributed by atoms with Crippen LogP contribution in [0.15, 0.2) is 33.9 Å². The van der Waals surface area contributed by atoms with Gasteiger partial charge in [-0.3, -0.25) is 9.59 Å². The van der Waals surface area contributed by atoms with Crippen LogP contribution in [0.4, 0.5) is 0 Å². The number of thiazole rings is 1. The number of hydrogen-bond donors (Lipinski definition) is 2. The van der Waals surface area contributed by atoms with E-state index in [4.69, 9.17) is 4.52 Å². The molecule has 0 aromatic carbocycles. The number of aromatic nitrogens is 2. The summed E-state index contributed by atoms with van der Waals surface area (Å²) in [6.45, 7) is 10.4. The van der Waals surface area contributed by atoms with E-state index in [9.17, 15) is 14.7 Å². The van der Waals surface area contributed by atoms with Crippen LogP contribution in [0.25, 0.3) is 5.57 Å². The molecular weight excluding hydrogens is 478 g/mol. The van der Waals surface area contributed by atoms with E-state index in [1.165, 1.54) is 15.4 Å². The first-order valence-corrected chi connectivity index (χ1v) is 13.2. The minimum atomic E-state index is -0.756. The van der Waals surface area contributed by atoms with Crippen molar-refractivity contribution in [2.75, 3.05) is 20.1 Å². The maximum absolute atomic E-state index is 13.6. The summed E-state index contributed by atoms with van der Waals surface area (Å²) >= 11 is 1.63. The molecule has 4 rings (SSSR count). The third kappa shape index (κ3) is 5.24. The first-order valence-electron chi connectivity index (χ1n) is 12.3. The molecule has 194 valence electrons. The van der Waals surface area contributed by atoms with Crippen molar-refractivity contribution in [1.82, 2.24) is 25.3 Å². The fourth-order valence-corrected chi connectivity index (χ4v) is 5.90. The summed E-state index contributed by atoms with van der Waals surface area (Å²) in [4.78, 5) is 36.1. The van der Waals surface area contributed by atoms with E-state index in [1.807, 2.05) is 46.3 Å². The lowest BCUT2D eigenvalue weighted by molar-refractivity contribution is -0.141. The molecular formula is C26H35N5O4S. The third-order valence-corrected chi connectivity index (χ3v) is 7.90. The SMILES string of the molecule is Cc1cc(C(C(=O)N2C[C@H](O)C[C@H]2C(=O)N[C@@H](C)C2=CC=C(c3scnc3C)CN2C)C(C)C)on1. The van der Waals surface area contributed by atoms with Crippen LogP contribution in [-0.2, 0) is 9.59 Å². The highest BCUT2D eigenvalue weighted by Crippen LogP contribution is 2.32. The molecule has 4 atom stereocenters. The molecule has 36 heavy (non-hydrogen) atoms. The van der Waals surface area contributed by atoms with Gasteiger partial charge in [0.25, 0.3) is 0 Å². The van der Waals surface area contributed by atoms with E-state index in [1.54, 1.807) is 24.3 Å². The highest BCUT2D eigenvalue weighted by Gasteiger charge is 2.43. The van der Waals surface area contributed by atoms with Gasteiger partial charge in [-0.25, -0.2) is 4.98 Å². The van der Waals surface area contributed by atoms with Crippen molar-refractivity contribution in [2.45, 2.75) is 65.1 Å². The van der Waals surface area contributed by atoms with Gasteiger partial charge in [-0.05, 0) is 38.3 Å². The van der Waals surface area contributed by atoms with E-state index < -0.39 is 18.1 Å². The Bertz CT molecular complexity index is 1180. The summed E-state index contributed by atoms with van der Waals surface area (Å²) in [7, 11) is 2.00. The number of aryl methyl sites for hydroxylation is 2. The number of allylic oxidation sites excluding steroid dienone is 2. The zero-order chi connectivity index (χ0) is 26.1. The molecule has 2 aromatic heterocycles. The van der Waals surface area contributed by atoms with E-state index in [2.05, 4.69) is 26.4 Å². The molecule has 9 nitrogen and oxygen atoms in total. The quantitative estimate of drug-likeness (QED) is 0.586. The Morgan fingerprint density at radius 2 is 2.00 bits per heavy atom. The van der Waals surface area contributed by atoms with Gasteiger partial charge in [-0.1, -0.05) is 25.1 Å². The molecule has 0 bridgehead atoms. The number of carbonyl (C=O) groups excluding carboxylic acids is 2. The van der Waals surface area contributed by atoms with E-state index in [-0.39, 0.29) is 36.7 Å². The monoisotopic (exact) mass is 513 g/mol. The number of likely N-dealkylation sites (tertiary alicyclic amines) is 1. The van der Waals surface area contributed by atoms with Crippen molar-refractivity contribution in [3.05, 3.63) is 51.5 Å². The summed E-state index contributed by atoms with van der Waals surface area (Å²) in [5, 5.41) is 17.4. The van der Waals surface area contributed by atoms with Crippen LogP contribution in [0, 0.1) is 19.8 Å². The molecule has 2 aliphatic rings. The second kappa shape index (κ2) is 10.6. The first-order chi connectivity index (χ1) is 17.1. The van der Waals surface area contributed by atoms with E-state index in [0.717, 1.165) is 11.4 Å². The molecule has 2 aromatic rings. The number of aliphatic hydroxyl groups excluding tert-OH is 1. The Morgan fingerprint density at radius 3 is 2.58 bits per heavy atom. The first kappa shape index (κ1) is 26.1. The van der Waals surface area contributed by atoms with Crippen molar-refractivity contribution < 1.29 is 19.2 Å². The van der Waals surface area contributed by atoms with Gasteiger partial charge in [0.2, 0.25) is 11.8 Å². The molecule has 0 saturated carbocycles. The lowest BCUT2D eigenvalue weighted by atomic mass is 9.91. The molecule has 0 spiro atoms. The summed E-state index contributed by atoms with van der Waals surface area (Å²) in [6.07, 6.45) is 3.55. The molecule has 1 unspecified atom stereocenters. The van der Waals surface area contributed by atoms with Crippen LogP contribution in [0.5, 0.6) is 0 Å². The highest BCUT2D eigenvalue weighted by atomic mass is 32.1. The van der Waals surface area contributed by atoms with Gasteiger partial charge in [0.05, 0.1) is 33.9 Å². The minimum absolute atomic E-state index is 0.0607. The number of nitrogens with zero attached hydrogens (tertiary/aromatic N) is 4. The van der Waals surface area contributed by atoms with Crippen molar-refractivity contribution in [3.63, 3.8) is 0 Å². The maximum atomic E-state index is 13.6. The molecule has 2 N–H and O–H groups in total. The largest absolute Gasteiger partial charge is 0.391 e. The maximum Gasteiger partial charge on any atom is 0.243 e. The van der Waals surface area contributed by atoms with Gasteiger partial charge in [-0.15, -0.1) is 11.3 Å². The second-order valence-electron chi connectivity index (χ2n) is 10.1. The number of nitrogens with one attached hydrogen (secondary N) is 1. The molecule has 1 fully saturated rings. The average molecular weight is 514 g/mol. The fourth-order valence-electron chi connectivity index (χ4n) is 5.08. The molecule has 0 aliphatic carbocycles. The fraction of sp³-hybridized carbons (Fsp3) is 0.538. The van der Waals surface area contributed by atoms with E-state index >= 15 is 0 Å². The summed E-state index contributed by atoms with van der Waals surface area (Å²) in [5.41, 5.74) is 5.73. The number of hydrogen-bond acceptors (Lipinski definition) is 8. The predicted molar refractivity (Wildman–Crippen MR) is 138 cm³/mol. The Balaban J connectivity index is 1.49. The van der Waals surface area contributed by atoms with Crippen LogP contribution in [-0.4, -0.2) is 75.2 Å². The zero-order valence-electron chi connectivity index (χ0n) is 21.7. The molecule has 4 heterocycles. The number of amides is 2. The molecule has 10 heteroatoms. The number of β-amino-alcohol motifs (C(OH)–C–C–N with tert-alkyl or cyclic N) is 1. The highest BCUT2D eigenvalue weighted by molar-refractivity contribution is 7.11. The summed E-state index contributed by atoms with van der Waals surface area (Å²) in [5.74, 6) is -0.656. The molecule has 0 radical (unpaired) electrons. The van der Waals surface area contributed by atoms with Crippen LogP contribution in [0.3, 0.4) is 0 Å². The number of rotatable bonds is 7. The Hall–Kier alpha value is -2.98. The van der Waals surface area contributed by atoms with Crippen LogP contribution < -0.4 is 5.32 Å². The number of aliphatic hydroxyl groups is 1. The van der Waals surface area contributed by atoms with Crippen LogP contribution in [0.2, 0.25) is 0 Å². The number of carbonyl (C=O) groups is 2.